The van der Waals surface area contributed by atoms with Gasteiger partial charge in [0.1, 0.15) is 5.82 Å². The molecule has 1 atom stereocenters. The Morgan fingerprint density at radius 3 is 2.80 bits per heavy atom. The van der Waals surface area contributed by atoms with E-state index in [1.807, 2.05) is 0 Å². The van der Waals surface area contributed by atoms with Gasteiger partial charge in [-0.25, -0.2) is 4.39 Å². The molecule has 0 bridgehead atoms. The molecule has 20 heavy (non-hydrogen) atoms. The van der Waals surface area contributed by atoms with Gasteiger partial charge >= 0.3 is 0 Å². The van der Waals surface area contributed by atoms with E-state index in [9.17, 15) is 9.18 Å². The largest absolute Gasteiger partial charge is 0.334 e. The summed E-state index contributed by atoms with van der Waals surface area (Å²) in [6, 6.07) is 4.68. The van der Waals surface area contributed by atoms with Crippen molar-refractivity contribution in [3.8, 4) is 0 Å². The van der Waals surface area contributed by atoms with Gasteiger partial charge in [-0.3, -0.25) is 4.79 Å². The number of carbonyl (C=O) groups excluding carboxylic acids is 1. The molecule has 1 amide bonds. The number of halogens is 3. The van der Waals surface area contributed by atoms with Crippen LogP contribution in [0, 0.1) is 11.7 Å². The van der Waals surface area contributed by atoms with Gasteiger partial charge in [0.25, 0.3) is 0 Å². The van der Waals surface area contributed by atoms with Crippen LogP contribution in [0.4, 0.5) is 4.39 Å². The third kappa shape index (κ3) is 5.23. The fraction of sp³-hybridized carbons (Fsp3) is 0.357. The molecule has 0 heterocycles. The number of amides is 1. The first kappa shape index (κ1) is 19.1. The van der Waals surface area contributed by atoms with Gasteiger partial charge in [-0.2, -0.15) is 0 Å². The molecular weight excluding hydrogens is 347 g/mol. The molecule has 0 fully saturated rings. The Morgan fingerprint density at radius 1 is 1.60 bits per heavy atom. The third-order valence-electron chi connectivity index (χ3n) is 2.81. The maximum absolute atomic E-state index is 13.7. The average Bonchev–Trinajstić information content (AvgIpc) is 2.40. The van der Waals surface area contributed by atoms with Crippen molar-refractivity contribution in [2.24, 2.45) is 11.7 Å². The van der Waals surface area contributed by atoms with Crippen molar-refractivity contribution >= 4 is 34.2 Å². The van der Waals surface area contributed by atoms with Crippen LogP contribution in [0.3, 0.4) is 0 Å². The predicted molar refractivity (Wildman–Crippen MR) is 85.2 cm³/mol. The second-order valence-corrected chi connectivity index (χ2v) is 5.30. The summed E-state index contributed by atoms with van der Waals surface area (Å²) in [4.78, 5) is 13.7. The van der Waals surface area contributed by atoms with Crippen molar-refractivity contribution in [2.45, 2.75) is 13.5 Å². The Kier molecular flexibility index (Phi) is 8.69. The number of carbonyl (C=O) groups is 1. The van der Waals surface area contributed by atoms with Gasteiger partial charge in [-0.1, -0.05) is 28.9 Å². The molecule has 0 radical (unpaired) electrons. The Hall–Kier alpha value is -0.910. The van der Waals surface area contributed by atoms with Gasteiger partial charge in [0.15, 0.2) is 0 Å². The minimum absolute atomic E-state index is 0. The van der Waals surface area contributed by atoms with E-state index in [1.54, 1.807) is 30.0 Å². The highest BCUT2D eigenvalue weighted by atomic mass is 79.9. The zero-order chi connectivity index (χ0) is 14.4. The predicted octanol–water partition coefficient (Wildman–Crippen LogP) is 3.12. The van der Waals surface area contributed by atoms with Crippen molar-refractivity contribution in [1.82, 2.24) is 4.90 Å². The van der Waals surface area contributed by atoms with Crippen LogP contribution in [0.15, 0.2) is 35.3 Å². The van der Waals surface area contributed by atoms with Crippen molar-refractivity contribution in [3.05, 3.63) is 46.7 Å². The number of hydrogen-bond acceptors (Lipinski definition) is 2. The highest BCUT2D eigenvalue weighted by molar-refractivity contribution is 9.10. The van der Waals surface area contributed by atoms with Crippen LogP contribution >= 0.6 is 28.3 Å². The highest BCUT2D eigenvalue weighted by Gasteiger charge is 2.19. The quantitative estimate of drug-likeness (QED) is 0.787. The fourth-order valence-corrected chi connectivity index (χ4v) is 2.08. The van der Waals surface area contributed by atoms with Crippen LogP contribution in [0.1, 0.15) is 12.5 Å². The van der Waals surface area contributed by atoms with E-state index < -0.39 is 0 Å². The molecule has 0 saturated carbocycles. The maximum atomic E-state index is 13.7. The van der Waals surface area contributed by atoms with Gasteiger partial charge in [0.2, 0.25) is 5.91 Å². The van der Waals surface area contributed by atoms with Crippen LogP contribution in [0.2, 0.25) is 0 Å². The smallest absolute Gasteiger partial charge is 0.227 e. The van der Waals surface area contributed by atoms with Crippen LogP contribution in [0.25, 0.3) is 0 Å². The van der Waals surface area contributed by atoms with Crippen LogP contribution in [0.5, 0.6) is 0 Å². The molecular formula is C14H19BrClFN2O. The highest BCUT2D eigenvalue weighted by Crippen LogP contribution is 2.18. The Morgan fingerprint density at radius 2 is 2.25 bits per heavy atom. The first-order valence-electron chi connectivity index (χ1n) is 6.03. The third-order valence-corrected chi connectivity index (χ3v) is 3.30. The van der Waals surface area contributed by atoms with Crippen LogP contribution in [-0.4, -0.2) is 23.9 Å². The zero-order valence-electron chi connectivity index (χ0n) is 11.3. The molecule has 0 spiro atoms. The molecule has 0 aliphatic rings. The summed E-state index contributed by atoms with van der Waals surface area (Å²) in [5, 5.41) is 0. The van der Waals surface area contributed by atoms with Gasteiger partial charge < -0.3 is 10.6 Å². The number of nitrogens with two attached hydrogens (primary N) is 1. The molecule has 1 aromatic carbocycles. The molecule has 0 aromatic heterocycles. The average molecular weight is 366 g/mol. The summed E-state index contributed by atoms with van der Waals surface area (Å²) >= 11 is 3.29. The fourth-order valence-electron chi connectivity index (χ4n) is 1.67. The summed E-state index contributed by atoms with van der Waals surface area (Å²) in [5.41, 5.74) is 5.97. The molecule has 0 saturated heterocycles. The van der Waals surface area contributed by atoms with E-state index in [4.69, 9.17) is 5.73 Å². The monoisotopic (exact) mass is 364 g/mol. The Labute approximate surface area is 133 Å². The van der Waals surface area contributed by atoms with Gasteiger partial charge in [0.05, 0.1) is 0 Å². The molecule has 0 aliphatic carbocycles. The summed E-state index contributed by atoms with van der Waals surface area (Å²) in [6.07, 6.45) is 1.62. The first-order valence-corrected chi connectivity index (χ1v) is 6.82. The van der Waals surface area contributed by atoms with Gasteiger partial charge in [-0.05, 0) is 18.2 Å². The maximum Gasteiger partial charge on any atom is 0.227 e. The van der Waals surface area contributed by atoms with Gasteiger partial charge in [0, 0.05) is 35.6 Å². The van der Waals surface area contributed by atoms with E-state index in [-0.39, 0.29) is 43.1 Å². The molecule has 0 aliphatic heterocycles. The topological polar surface area (TPSA) is 46.3 Å². The van der Waals surface area contributed by atoms with Crippen molar-refractivity contribution in [3.63, 3.8) is 0 Å². The molecule has 2 N–H and O–H groups in total. The number of benzene rings is 1. The summed E-state index contributed by atoms with van der Waals surface area (Å²) < 4.78 is 14.5. The molecule has 112 valence electrons. The van der Waals surface area contributed by atoms with Crippen molar-refractivity contribution in [2.75, 3.05) is 13.1 Å². The van der Waals surface area contributed by atoms with E-state index >= 15 is 0 Å². The minimum atomic E-state index is -0.328. The number of hydrogen-bond donors (Lipinski definition) is 1. The van der Waals surface area contributed by atoms with E-state index in [0.717, 1.165) is 4.47 Å². The lowest BCUT2D eigenvalue weighted by molar-refractivity contribution is -0.134. The Bertz CT molecular complexity index is 470. The Balaban J connectivity index is 0.00000361. The summed E-state index contributed by atoms with van der Waals surface area (Å²) in [5.74, 6) is -0.706. The number of nitrogens with zero attached hydrogens (tertiary/aromatic N) is 1. The van der Waals surface area contributed by atoms with Gasteiger partial charge in [-0.15, -0.1) is 19.0 Å². The summed E-state index contributed by atoms with van der Waals surface area (Å²) in [7, 11) is 0. The van der Waals surface area contributed by atoms with E-state index in [0.29, 0.717) is 12.1 Å². The lowest BCUT2D eigenvalue weighted by atomic mass is 10.1. The van der Waals surface area contributed by atoms with Crippen molar-refractivity contribution in [1.29, 1.82) is 0 Å². The summed E-state index contributed by atoms with van der Waals surface area (Å²) in [6.45, 7) is 6.23. The molecule has 6 heteroatoms. The molecule has 1 aromatic rings. The van der Waals surface area contributed by atoms with Crippen molar-refractivity contribution < 1.29 is 9.18 Å². The normalized spacial score (nSPS) is 11.4. The van der Waals surface area contributed by atoms with Crippen LogP contribution in [-0.2, 0) is 11.3 Å². The second kappa shape index (κ2) is 9.10. The minimum Gasteiger partial charge on any atom is -0.334 e. The SMILES string of the molecule is C=CCN(Cc1cc(Br)ccc1F)C(=O)C(C)CN.Cl. The zero-order valence-corrected chi connectivity index (χ0v) is 13.7. The molecule has 3 nitrogen and oxygen atoms in total. The first-order chi connectivity index (χ1) is 8.99. The molecule has 1 rings (SSSR count). The number of rotatable bonds is 6. The molecule has 1 unspecified atom stereocenters. The lowest BCUT2D eigenvalue weighted by Crippen LogP contribution is -2.37. The standard InChI is InChI=1S/C14H18BrFN2O.ClH/c1-3-6-18(14(19)10(2)8-17)9-11-7-12(15)4-5-13(11)16;/h3-5,7,10H,1,6,8-9,17H2,2H3;1H. The second-order valence-electron chi connectivity index (χ2n) is 4.38. The lowest BCUT2D eigenvalue weighted by Gasteiger charge is -2.24. The van der Waals surface area contributed by atoms with E-state index in [2.05, 4.69) is 22.5 Å². The van der Waals surface area contributed by atoms with Crippen LogP contribution < -0.4 is 5.73 Å². The van der Waals surface area contributed by atoms with E-state index in [1.165, 1.54) is 6.07 Å².